The van der Waals surface area contributed by atoms with E-state index >= 15 is 0 Å². The molecule has 0 radical (unpaired) electrons. The largest absolute Gasteiger partial charge is 0.480 e. The second-order valence-corrected chi connectivity index (χ2v) is 18.7. The molecule has 1 aromatic heterocycles. The number of nitrogens with zero attached hydrogens (tertiary/aromatic N) is 9. The molecule has 0 unspecified atom stereocenters. The molecule has 5 aliphatic rings. The number of anilines is 1. The zero-order valence-electron chi connectivity index (χ0n) is 37.8. The molecule has 358 valence electrons. The van der Waals surface area contributed by atoms with Crippen molar-refractivity contribution in [1.82, 2.24) is 39.7 Å². The molecule has 5 fully saturated rings. The summed E-state index contributed by atoms with van der Waals surface area (Å²) < 4.78 is 6.38. The molecule has 4 heterocycles. The van der Waals surface area contributed by atoms with Gasteiger partial charge in [-0.1, -0.05) is 0 Å². The van der Waals surface area contributed by atoms with Gasteiger partial charge in [-0.3, -0.25) is 63.1 Å². The number of aliphatic carboxylic acids is 3. The van der Waals surface area contributed by atoms with Gasteiger partial charge in [-0.15, -0.1) is 0 Å². The monoisotopic (exact) mass is 916 g/mol. The number of piperidine rings is 2. The Morgan fingerprint density at radius 1 is 0.758 bits per heavy atom. The Morgan fingerprint density at radius 2 is 1.33 bits per heavy atom. The van der Waals surface area contributed by atoms with Crippen LogP contribution in [0.5, 0.6) is 0 Å². The number of carbonyl (C=O) groups is 6. The van der Waals surface area contributed by atoms with E-state index in [1.807, 2.05) is 35.0 Å². The number of rotatable bonds is 17. The Balaban J connectivity index is 0.831. The molecule has 1 aromatic carbocycles. The number of carboxylic acid groups (broad SMARTS) is 3. The van der Waals surface area contributed by atoms with Crippen molar-refractivity contribution in [2.24, 2.45) is 17.8 Å². The van der Waals surface area contributed by atoms with Crippen LogP contribution in [0.15, 0.2) is 30.5 Å². The van der Waals surface area contributed by atoms with Crippen molar-refractivity contribution in [3.8, 4) is 0 Å². The fourth-order valence-electron chi connectivity index (χ4n) is 10.1. The average Bonchev–Trinajstić information content (AvgIpc) is 3.94. The van der Waals surface area contributed by atoms with E-state index in [0.717, 1.165) is 44.3 Å². The van der Waals surface area contributed by atoms with Gasteiger partial charge in [-0.2, -0.15) is 0 Å². The summed E-state index contributed by atoms with van der Waals surface area (Å²) in [6, 6.07) is 7.69. The Morgan fingerprint density at radius 3 is 1.89 bits per heavy atom. The molecule has 2 saturated carbocycles. The first-order valence-electron chi connectivity index (χ1n) is 23.2. The van der Waals surface area contributed by atoms with Crippen molar-refractivity contribution >= 4 is 52.2 Å². The lowest BCUT2D eigenvalue weighted by Gasteiger charge is -2.39. The van der Waals surface area contributed by atoms with E-state index in [2.05, 4.69) is 20.0 Å². The van der Waals surface area contributed by atoms with Gasteiger partial charge >= 0.3 is 24.1 Å². The first-order chi connectivity index (χ1) is 31.7. The maximum absolute atomic E-state index is 13.6. The van der Waals surface area contributed by atoms with Crippen LogP contribution in [0.1, 0.15) is 48.9 Å². The van der Waals surface area contributed by atoms with Gasteiger partial charge in [-0.25, -0.2) is 6.57 Å². The highest BCUT2D eigenvalue weighted by molar-refractivity contribution is 6.07. The predicted octanol–water partition coefficient (Wildman–Crippen LogP) is 0.776. The number of aromatic nitrogens is 1. The fourth-order valence-corrected chi connectivity index (χ4v) is 10.1. The lowest BCUT2D eigenvalue weighted by Crippen LogP contribution is -2.51. The number of hydrogen-bond acceptors (Lipinski definition) is 13. The average molecular weight is 917 g/mol. The standard InChI is InChI=1S/C46H64N10O10/c1-47-40-22-33-21-39(33)56(40)41(57)24-49-46(65)36-5-8-48-38-4-3-34(23-37(36)38)50(2)25-31-19-32(20-31)30-66-35-6-9-55(10-7-35)42(58)26-51-11-13-52(27-43(59)60)15-17-54(29-45(63)64)18-16-53(14-12-51)28-44(61)62/h3-5,8,23,31-33,35,39-40H,6-7,9-22,24-30H2,2H3,(H,49,65)(H,59,60)(H,61,62)(H,63,64)/t31?,32?,33-,39-,40-/m0/s1. The second kappa shape index (κ2) is 22.4. The third-order valence-electron chi connectivity index (χ3n) is 13.9. The van der Waals surface area contributed by atoms with Crippen LogP contribution in [0.4, 0.5) is 5.69 Å². The van der Waals surface area contributed by atoms with Crippen molar-refractivity contribution < 1.29 is 48.8 Å². The minimum atomic E-state index is -1.01. The number of likely N-dealkylation sites (tertiary alicyclic amines) is 2. The third kappa shape index (κ3) is 13.1. The van der Waals surface area contributed by atoms with Crippen LogP contribution in [0.2, 0.25) is 0 Å². The molecule has 20 nitrogen and oxygen atoms in total. The van der Waals surface area contributed by atoms with E-state index < -0.39 is 24.1 Å². The molecule has 3 atom stereocenters. The number of carboxylic acids is 3. The first kappa shape index (κ1) is 48.5. The number of nitrogens with one attached hydrogen (secondary N) is 1. The van der Waals surface area contributed by atoms with Crippen molar-refractivity contribution in [1.29, 1.82) is 0 Å². The second-order valence-electron chi connectivity index (χ2n) is 18.7. The number of hydrogen-bond donors (Lipinski definition) is 4. The van der Waals surface area contributed by atoms with Crippen molar-refractivity contribution in [3.05, 3.63) is 47.4 Å². The van der Waals surface area contributed by atoms with E-state index in [1.54, 1.807) is 31.9 Å². The summed E-state index contributed by atoms with van der Waals surface area (Å²) in [5.41, 5.74) is 2.10. The normalized spacial score (nSPS) is 24.9. The summed E-state index contributed by atoms with van der Waals surface area (Å²) in [4.78, 5) is 95.7. The van der Waals surface area contributed by atoms with Crippen molar-refractivity contribution in [2.45, 2.75) is 56.8 Å². The molecule has 4 N–H and O–H groups in total. The van der Waals surface area contributed by atoms with Gasteiger partial charge in [0.25, 0.3) is 5.91 Å². The minimum Gasteiger partial charge on any atom is -0.480 e. The summed E-state index contributed by atoms with van der Waals surface area (Å²) in [6.07, 6.45) is 6.40. The molecule has 3 aliphatic heterocycles. The zero-order chi connectivity index (χ0) is 46.9. The molecular formula is C46H64N10O10. The van der Waals surface area contributed by atoms with Crippen LogP contribution in [0, 0.1) is 24.3 Å². The molecule has 20 heteroatoms. The summed E-state index contributed by atoms with van der Waals surface area (Å²) in [7, 11) is 2.05. The molecule has 2 aliphatic carbocycles. The van der Waals surface area contributed by atoms with E-state index in [4.69, 9.17) is 11.3 Å². The smallest absolute Gasteiger partial charge is 0.317 e. The highest BCUT2D eigenvalue weighted by atomic mass is 16.5. The van der Waals surface area contributed by atoms with Gasteiger partial charge in [0.1, 0.15) is 0 Å². The quantitative estimate of drug-likeness (QED) is 0.161. The van der Waals surface area contributed by atoms with Gasteiger partial charge in [0.15, 0.2) is 0 Å². The summed E-state index contributed by atoms with van der Waals surface area (Å²) in [5.74, 6) is -2.25. The van der Waals surface area contributed by atoms with Gasteiger partial charge < -0.3 is 35.2 Å². The number of benzene rings is 1. The molecule has 3 amide bonds. The molecular weight excluding hydrogens is 853 g/mol. The molecule has 3 saturated heterocycles. The highest BCUT2D eigenvalue weighted by Gasteiger charge is 2.57. The van der Waals surface area contributed by atoms with Gasteiger partial charge in [0.2, 0.25) is 11.8 Å². The number of fused-ring (bicyclic) bond motifs is 2. The topological polar surface area (TPSA) is 224 Å². The maximum Gasteiger partial charge on any atom is 0.317 e. The van der Waals surface area contributed by atoms with E-state index in [0.29, 0.717) is 113 Å². The van der Waals surface area contributed by atoms with Crippen LogP contribution in [0.25, 0.3) is 15.7 Å². The maximum atomic E-state index is 13.6. The van der Waals surface area contributed by atoms with Gasteiger partial charge in [0, 0.05) is 115 Å². The van der Waals surface area contributed by atoms with Crippen molar-refractivity contribution in [3.63, 3.8) is 0 Å². The van der Waals surface area contributed by atoms with Gasteiger partial charge in [0.05, 0.1) is 49.9 Å². The third-order valence-corrected chi connectivity index (χ3v) is 13.9. The molecule has 0 spiro atoms. The van der Waals surface area contributed by atoms with Crippen LogP contribution in [-0.2, 0) is 28.7 Å². The summed E-state index contributed by atoms with van der Waals surface area (Å²) in [5, 5.41) is 32.0. The van der Waals surface area contributed by atoms with E-state index in [-0.39, 0.29) is 62.6 Å². The van der Waals surface area contributed by atoms with E-state index in [1.165, 1.54) is 0 Å². The van der Waals surface area contributed by atoms with Crippen LogP contribution < -0.4 is 10.2 Å². The lowest BCUT2D eigenvalue weighted by molar-refractivity contribution is -0.141. The van der Waals surface area contributed by atoms with Crippen molar-refractivity contribution in [2.75, 3.05) is 123 Å². The Hall–Kier alpha value is -5.46. The van der Waals surface area contributed by atoms with Crippen LogP contribution in [0.3, 0.4) is 0 Å². The molecule has 2 aromatic rings. The highest BCUT2D eigenvalue weighted by Crippen LogP contribution is 2.48. The number of amides is 3. The fraction of sp³-hybridized carbons (Fsp3) is 0.652. The number of carbonyl (C=O) groups excluding carboxylic acids is 3. The number of pyridine rings is 1. The summed E-state index contributed by atoms with van der Waals surface area (Å²) in [6.45, 7) is 12.2. The lowest BCUT2D eigenvalue weighted by atomic mass is 9.75. The molecule has 0 bridgehead atoms. The predicted molar refractivity (Wildman–Crippen MR) is 242 cm³/mol. The minimum absolute atomic E-state index is 0.0345. The molecule has 7 rings (SSSR count). The Labute approximate surface area is 385 Å². The van der Waals surface area contributed by atoms with Gasteiger partial charge in [-0.05, 0) is 74.1 Å². The SMILES string of the molecule is [C-]#[N+][C@@H]1C[C@@H]2C[C@@H]2N1C(=O)CNC(=O)c1ccnc2ccc(N(C)CC3CC(COC4CCN(C(=O)CN5CCN(CC(=O)O)CCN(CC(=O)O)CCN(CC(=O)O)CC5)CC4)C3)cc12. The van der Waals surface area contributed by atoms with Crippen LogP contribution in [-0.4, -0.2) is 222 Å². The van der Waals surface area contributed by atoms with E-state index in [9.17, 15) is 44.1 Å². The summed E-state index contributed by atoms with van der Waals surface area (Å²) >= 11 is 0. The first-order valence-corrected chi connectivity index (χ1v) is 23.2. The Kier molecular flexibility index (Phi) is 16.4. The Bertz CT molecular complexity index is 2090. The zero-order valence-corrected chi connectivity index (χ0v) is 37.8. The molecule has 66 heavy (non-hydrogen) atoms. The van der Waals surface area contributed by atoms with Crippen LogP contribution >= 0.6 is 0 Å². The number of ether oxygens (including phenoxy) is 1.